The minimum Gasteiger partial charge on any atom is -0.496 e. The van der Waals surface area contributed by atoms with Crippen LogP contribution in [0, 0.1) is 0 Å². The Balaban J connectivity index is 2.72. The van der Waals surface area contributed by atoms with Crippen molar-refractivity contribution in [2.45, 2.75) is 39.3 Å². The van der Waals surface area contributed by atoms with Gasteiger partial charge in [-0.15, -0.1) is 0 Å². The summed E-state index contributed by atoms with van der Waals surface area (Å²) in [5.41, 5.74) is -0.0287. The van der Waals surface area contributed by atoms with E-state index in [-0.39, 0.29) is 11.4 Å². The van der Waals surface area contributed by atoms with E-state index in [1.165, 1.54) is 14.0 Å². The van der Waals surface area contributed by atoms with Crippen molar-refractivity contribution in [2.75, 3.05) is 7.11 Å². The fourth-order valence-corrected chi connectivity index (χ4v) is 2.09. The number of hydrogen-bond donors (Lipinski definition) is 1. The molecule has 0 fully saturated rings. The standard InChI is InChI=1S/C15H20BrNO4/c1-9(13(18)17-15(2,3)4)21-14(19)10-6-7-12(20-5)11(16)8-10/h6-9H,1-5H3,(H,17,18)/t9-/m0/s1. The van der Waals surface area contributed by atoms with Gasteiger partial charge in [0.25, 0.3) is 5.91 Å². The van der Waals surface area contributed by atoms with Gasteiger partial charge in [0.2, 0.25) is 0 Å². The maximum absolute atomic E-state index is 12.0. The zero-order chi connectivity index (χ0) is 16.2. The molecule has 1 N–H and O–H groups in total. The van der Waals surface area contributed by atoms with Gasteiger partial charge in [-0.2, -0.15) is 0 Å². The first-order valence-corrected chi connectivity index (χ1v) is 7.30. The van der Waals surface area contributed by atoms with Crippen LogP contribution >= 0.6 is 15.9 Å². The SMILES string of the molecule is COc1ccc(C(=O)O[C@@H](C)C(=O)NC(C)(C)C)cc1Br. The lowest BCUT2D eigenvalue weighted by atomic mass is 10.1. The Morgan fingerprint density at radius 3 is 2.38 bits per heavy atom. The van der Waals surface area contributed by atoms with Crippen molar-refractivity contribution in [1.82, 2.24) is 5.32 Å². The monoisotopic (exact) mass is 357 g/mol. The lowest BCUT2D eigenvalue weighted by Crippen LogP contribution is -2.46. The average molecular weight is 358 g/mol. The van der Waals surface area contributed by atoms with Crippen molar-refractivity contribution >= 4 is 27.8 Å². The van der Waals surface area contributed by atoms with Gasteiger partial charge in [-0.25, -0.2) is 4.79 Å². The summed E-state index contributed by atoms with van der Waals surface area (Å²) < 4.78 is 10.9. The minimum atomic E-state index is -0.863. The van der Waals surface area contributed by atoms with Gasteiger partial charge in [0.15, 0.2) is 6.10 Å². The summed E-state index contributed by atoms with van der Waals surface area (Å²) in [6.07, 6.45) is -0.863. The molecule has 0 heterocycles. The number of nitrogens with one attached hydrogen (secondary N) is 1. The summed E-state index contributed by atoms with van der Waals surface area (Å²) in [7, 11) is 1.54. The second-order valence-electron chi connectivity index (χ2n) is 5.64. The molecule has 0 unspecified atom stereocenters. The van der Waals surface area contributed by atoms with Crippen LogP contribution < -0.4 is 10.1 Å². The van der Waals surface area contributed by atoms with E-state index in [9.17, 15) is 9.59 Å². The number of rotatable bonds is 4. The van der Waals surface area contributed by atoms with Gasteiger partial charge in [-0.05, 0) is 61.8 Å². The van der Waals surface area contributed by atoms with Gasteiger partial charge < -0.3 is 14.8 Å². The predicted octanol–water partition coefficient (Wildman–Crippen LogP) is 2.92. The van der Waals surface area contributed by atoms with Gasteiger partial charge >= 0.3 is 5.97 Å². The van der Waals surface area contributed by atoms with Crippen molar-refractivity contribution in [2.24, 2.45) is 0 Å². The lowest BCUT2D eigenvalue weighted by molar-refractivity contribution is -0.130. The van der Waals surface area contributed by atoms with Crippen molar-refractivity contribution < 1.29 is 19.1 Å². The summed E-state index contributed by atoms with van der Waals surface area (Å²) in [5, 5.41) is 2.76. The molecule has 0 aliphatic carbocycles. The summed E-state index contributed by atoms with van der Waals surface area (Å²) >= 11 is 3.30. The molecule has 1 atom stereocenters. The molecule has 0 aliphatic heterocycles. The molecule has 0 aliphatic rings. The van der Waals surface area contributed by atoms with Crippen molar-refractivity contribution in [3.8, 4) is 5.75 Å². The van der Waals surface area contributed by atoms with Crippen LogP contribution in [-0.4, -0.2) is 30.6 Å². The fraction of sp³-hybridized carbons (Fsp3) is 0.467. The second kappa shape index (κ2) is 6.93. The van der Waals surface area contributed by atoms with Crippen LogP contribution in [0.1, 0.15) is 38.1 Å². The third-order valence-electron chi connectivity index (χ3n) is 2.54. The average Bonchev–Trinajstić information content (AvgIpc) is 2.36. The molecule has 6 heteroatoms. The van der Waals surface area contributed by atoms with E-state index in [2.05, 4.69) is 21.2 Å². The molecule has 21 heavy (non-hydrogen) atoms. The molecule has 5 nitrogen and oxygen atoms in total. The number of methoxy groups -OCH3 is 1. The maximum atomic E-state index is 12.0. The van der Waals surface area contributed by atoms with Gasteiger partial charge in [-0.1, -0.05) is 0 Å². The molecule has 0 spiro atoms. The van der Waals surface area contributed by atoms with Gasteiger partial charge in [0.1, 0.15) is 5.75 Å². The third kappa shape index (κ3) is 5.38. The first-order valence-electron chi connectivity index (χ1n) is 6.50. The number of carbonyl (C=O) groups is 2. The number of benzene rings is 1. The molecule has 0 saturated carbocycles. The molecular formula is C15H20BrNO4. The van der Waals surface area contributed by atoms with Crippen LogP contribution in [0.15, 0.2) is 22.7 Å². The highest BCUT2D eigenvalue weighted by molar-refractivity contribution is 9.10. The quantitative estimate of drug-likeness (QED) is 0.841. The van der Waals surface area contributed by atoms with Crippen molar-refractivity contribution in [1.29, 1.82) is 0 Å². The Bertz CT molecular complexity index is 537. The summed E-state index contributed by atoms with van der Waals surface area (Å²) in [6.45, 7) is 7.12. The third-order valence-corrected chi connectivity index (χ3v) is 3.16. The molecule has 0 saturated heterocycles. The summed E-state index contributed by atoms with van der Waals surface area (Å²) in [5.74, 6) is -0.275. The Kier molecular flexibility index (Phi) is 5.78. The first-order chi connectivity index (χ1) is 9.64. The van der Waals surface area contributed by atoms with Crippen molar-refractivity contribution in [3.05, 3.63) is 28.2 Å². The van der Waals surface area contributed by atoms with Crippen LogP contribution in [0.3, 0.4) is 0 Å². The van der Waals surface area contributed by atoms with Gasteiger partial charge in [0.05, 0.1) is 17.1 Å². The molecule has 1 aromatic carbocycles. The van der Waals surface area contributed by atoms with Gasteiger partial charge in [0, 0.05) is 5.54 Å². The molecule has 0 aromatic heterocycles. The second-order valence-corrected chi connectivity index (χ2v) is 6.49. The molecule has 116 valence electrons. The number of esters is 1. The van der Waals surface area contributed by atoms with E-state index in [0.717, 1.165) is 0 Å². The van der Waals surface area contributed by atoms with E-state index in [4.69, 9.17) is 9.47 Å². The molecule has 0 radical (unpaired) electrons. The predicted molar refractivity (Wildman–Crippen MR) is 83.5 cm³/mol. The van der Waals surface area contributed by atoms with Crippen LogP contribution in [0.25, 0.3) is 0 Å². The molecule has 1 amide bonds. The number of hydrogen-bond acceptors (Lipinski definition) is 4. The highest BCUT2D eigenvalue weighted by atomic mass is 79.9. The van der Waals surface area contributed by atoms with Gasteiger partial charge in [-0.3, -0.25) is 4.79 Å². The molecule has 0 bridgehead atoms. The van der Waals surface area contributed by atoms with Crippen molar-refractivity contribution in [3.63, 3.8) is 0 Å². The highest BCUT2D eigenvalue weighted by Gasteiger charge is 2.23. The van der Waals surface area contributed by atoms with E-state index in [1.807, 2.05) is 20.8 Å². The topological polar surface area (TPSA) is 64.6 Å². The van der Waals surface area contributed by atoms with Crippen LogP contribution in [0.4, 0.5) is 0 Å². The Labute approximate surface area is 133 Å². The Morgan fingerprint density at radius 1 is 1.29 bits per heavy atom. The summed E-state index contributed by atoms with van der Waals surface area (Å²) in [4.78, 5) is 23.9. The zero-order valence-electron chi connectivity index (χ0n) is 12.8. The van der Waals surface area contributed by atoms with E-state index in [0.29, 0.717) is 15.8 Å². The van der Waals surface area contributed by atoms with Crippen LogP contribution in [0.5, 0.6) is 5.75 Å². The molecule has 1 rings (SSSR count). The Morgan fingerprint density at radius 2 is 1.90 bits per heavy atom. The number of carbonyl (C=O) groups excluding carboxylic acids is 2. The number of ether oxygens (including phenoxy) is 2. The molecule has 1 aromatic rings. The number of halogens is 1. The normalized spacial score (nSPS) is 12.5. The first kappa shape index (κ1) is 17.5. The van der Waals surface area contributed by atoms with E-state index >= 15 is 0 Å². The lowest BCUT2D eigenvalue weighted by Gasteiger charge is -2.23. The smallest absolute Gasteiger partial charge is 0.338 e. The van der Waals surface area contributed by atoms with Crippen LogP contribution in [0.2, 0.25) is 0 Å². The summed E-state index contributed by atoms with van der Waals surface area (Å²) in [6, 6.07) is 4.83. The van der Waals surface area contributed by atoms with Crippen LogP contribution in [-0.2, 0) is 9.53 Å². The zero-order valence-corrected chi connectivity index (χ0v) is 14.4. The largest absolute Gasteiger partial charge is 0.496 e. The highest BCUT2D eigenvalue weighted by Crippen LogP contribution is 2.25. The number of amides is 1. The molecular weight excluding hydrogens is 338 g/mol. The van der Waals surface area contributed by atoms with E-state index < -0.39 is 12.1 Å². The minimum absolute atomic E-state index is 0.330. The fourth-order valence-electron chi connectivity index (χ4n) is 1.55. The maximum Gasteiger partial charge on any atom is 0.338 e. The Hall–Kier alpha value is -1.56. The van der Waals surface area contributed by atoms with E-state index in [1.54, 1.807) is 18.2 Å².